The third kappa shape index (κ3) is 12.7. The van der Waals surface area contributed by atoms with E-state index in [0.29, 0.717) is 71.4 Å². The van der Waals surface area contributed by atoms with Crippen LogP contribution < -0.4 is 26.7 Å². The Hall–Kier alpha value is -8.71. The molecule has 4 heterocycles. The van der Waals surface area contributed by atoms with Crippen molar-refractivity contribution in [3.05, 3.63) is 161 Å². The van der Waals surface area contributed by atoms with Crippen LogP contribution in [0.15, 0.2) is 134 Å². The van der Waals surface area contributed by atoms with E-state index in [1.165, 1.54) is 36.7 Å². The smallest absolute Gasteiger partial charge is 0.423 e. The minimum absolute atomic E-state index is 0.216. The van der Waals surface area contributed by atoms with Crippen LogP contribution in [-0.2, 0) is 0 Å². The molecule has 6 N–H and O–H groups in total. The number of benzene rings is 4. The number of aromatic nitrogens is 6. The van der Waals surface area contributed by atoms with E-state index in [2.05, 4.69) is 58.3 Å². The van der Waals surface area contributed by atoms with Crippen LogP contribution in [0, 0.1) is 45.3 Å². The number of halogens is 1. The van der Waals surface area contributed by atoms with Gasteiger partial charge in [0.1, 0.15) is 35.4 Å². The molecule has 4 aromatic heterocycles. The monoisotopic (exact) mass is 862 g/mol. The first kappa shape index (κ1) is 44.8. The maximum atomic E-state index is 9.00. The SMILES string of the molecule is N#Cc1ccc(-c2nc(NCCNc3ccc(C#N)cn3)c3ccccc3n2)cc1.N#Cc1ccc(B(O)O)cc1.N#Cc1ccc(NCCNc2nc(Cl)nc3ccccc23)nc1. The largest absolute Gasteiger partial charge is 0.488 e. The fraction of sp³-hybridized carbons (Fsp3) is 0.0870. The number of hydrogen-bond donors (Lipinski definition) is 6. The van der Waals surface area contributed by atoms with Crippen LogP contribution in [0.5, 0.6) is 0 Å². The van der Waals surface area contributed by atoms with Gasteiger partial charge < -0.3 is 31.3 Å². The number of nitrogens with one attached hydrogen (secondary N) is 4. The average Bonchev–Trinajstić information content (AvgIpc) is 3.34. The van der Waals surface area contributed by atoms with Gasteiger partial charge in [-0.3, -0.25) is 0 Å². The summed E-state index contributed by atoms with van der Waals surface area (Å²) in [4.78, 5) is 26.2. The molecule has 0 aliphatic heterocycles. The first-order valence-corrected chi connectivity index (χ1v) is 19.9. The standard InChI is InChI=1S/C23H17N7.C16H13ClN6.C7H6BNO2/c24-13-16-5-8-18(9-6-16)22-29-20-4-2-1-3-19(20)23(30-22)27-12-11-26-21-10-7-17(14-25)15-28-21;17-16-22-13-4-2-1-3-12(13)15(23-16)20-8-7-19-14-6-5-11(9-18)10-21-14;9-5-6-1-3-7(4-2-6)8(10)11/h1-10,15H,11-12H2,(H,26,28)(H,27,29,30);1-6,10H,7-8H2,(H,19,21)(H,20,22,23);1-4,10-11H. The van der Waals surface area contributed by atoms with Gasteiger partial charge in [-0.25, -0.2) is 29.9 Å². The van der Waals surface area contributed by atoms with E-state index in [9.17, 15) is 0 Å². The molecule has 0 unspecified atom stereocenters. The number of rotatable bonds is 12. The summed E-state index contributed by atoms with van der Waals surface area (Å²) >= 11 is 5.95. The number of nitrogens with zero attached hydrogens (tertiary/aromatic N) is 10. The van der Waals surface area contributed by atoms with Gasteiger partial charge in [-0.05, 0) is 102 Å². The maximum absolute atomic E-state index is 9.00. The van der Waals surface area contributed by atoms with Crippen LogP contribution in [-0.4, -0.2) is 73.2 Å². The summed E-state index contributed by atoms with van der Waals surface area (Å²) in [5.41, 5.74) is 5.06. The zero-order valence-corrected chi connectivity index (χ0v) is 34.6. The van der Waals surface area contributed by atoms with E-state index in [4.69, 9.17) is 47.7 Å². The topological polar surface area (TPSA) is 261 Å². The van der Waals surface area contributed by atoms with E-state index >= 15 is 0 Å². The lowest BCUT2D eigenvalue weighted by Gasteiger charge is -2.12. The van der Waals surface area contributed by atoms with E-state index < -0.39 is 7.12 Å². The molecular formula is C46H36BClN14O2. The summed E-state index contributed by atoms with van der Waals surface area (Å²) in [5, 5.41) is 67.4. The second-order valence-electron chi connectivity index (χ2n) is 13.4. The highest BCUT2D eigenvalue weighted by atomic mass is 35.5. The number of para-hydroxylation sites is 2. The molecule has 0 saturated carbocycles. The zero-order chi connectivity index (χ0) is 45.1. The number of fused-ring (bicyclic) bond motifs is 2. The minimum Gasteiger partial charge on any atom is -0.423 e. The fourth-order valence-corrected chi connectivity index (χ4v) is 5.99. The van der Waals surface area contributed by atoms with Gasteiger partial charge in [-0.2, -0.15) is 21.0 Å². The normalized spacial score (nSPS) is 9.98. The zero-order valence-electron chi connectivity index (χ0n) is 33.9. The van der Waals surface area contributed by atoms with E-state index in [1.807, 2.05) is 72.8 Å². The summed E-state index contributed by atoms with van der Waals surface area (Å²) in [5.74, 6) is 3.48. The van der Waals surface area contributed by atoms with Crippen molar-refractivity contribution in [2.75, 3.05) is 47.4 Å². The molecule has 0 spiro atoms. The van der Waals surface area contributed by atoms with Crippen LogP contribution in [0.25, 0.3) is 33.2 Å². The quantitative estimate of drug-likeness (QED) is 0.0449. The summed E-state index contributed by atoms with van der Waals surface area (Å²) in [7, 11) is -1.46. The Kier molecular flexibility index (Phi) is 16.0. The molecule has 312 valence electrons. The molecule has 0 radical (unpaired) electrons. The molecule has 8 rings (SSSR count). The minimum atomic E-state index is -1.46. The molecule has 0 aliphatic carbocycles. The van der Waals surface area contributed by atoms with Gasteiger partial charge in [-0.1, -0.05) is 36.4 Å². The van der Waals surface area contributed by atoms with Crippen LogP contribution >= 0.6 is 11.6 Å². The summed E-state index contributed by atoms with van der Waals surface area (Å²) < 4.78 is 0. The van der Waals surface area contributed by atoms with Crippen LogP contribution in [0.2, 0.25) is 5.28 Å². The van der Waals surface area contributed by atoms with Crippen molar-refractivity contribution in [1.82, 2.24) is 29.9 Å². The lowest BCUT2D eigenvalue weighted by atomic mass is 9.80. The van der Waals surface area contributed by atoms with Gasteiger partial charge in [0.2, 0.25) is 5.28 Å². The van der Waals surface area contributed by atoms with Gasteiger partial charge in [0, 0.05) is 54.9 Å². The third-order valence-electron chi connectivity index (χ3n) is 9.02. The first-order valence-electron chi connectivity index (χ1n) is 19.5. The highest BCUT2D eigenvalue weighted by Gasteiger charge is 2.11. The molecule has 0 bridgehead atoms. The molecular weight excluding hydrogens is 827 g/mol. The molecule has 18 heteroatoms. The third-order valence-corrected chi connectivity index (χ3v) is 9.19. The Morgan fingerprint density at radius 3 is 1.39 bits per heavy atom. The second-order valence-corrected chi connectivity index (χ2v) is 13.7. The molecule has 0 amide bonds. The highest BCUT2D eigenvalue weighted by molar-refractivity contribution is 6.58. The van der Waals surface area contributed by atoms with Gasteiger partial charge >= 0.3 is 7.12 Å². The summed E-state index contributed by atoms with van der Waals surface area (Å²) in [6.07, 6.45) is 3.07. The number of nitriles is 4. The number of pyridine rings is 2. The number of hydrogen-bond acceptors (Lipinski definition) is 16. The predicted octanol–water partition coefficient (Wildman–Crippen LogP) is 6.27. The van der Waals surface area contributed by atoms with Crippen molar-refractivity contribution in [3.63, 3.8) is 0 Å². The lowest BCUT2D eigenvalue weighted by Crippen LogP contribution is -2.29. The molecule has 0 aliphatic rings. The van der Waals surface area contributed by atoms with Crippen molar-refractivity contribution >= 4 is 69.3 Å². The van der Waals surface area contributed by atoms with Gasteiger partial charge in [0.05, 0.1) is 45.4 Å². The van der Waals surface area contributed by atoms with Crippen molar-refractivity contribution < 1.29 is 10.0 Å². The molecule has 0 fully saturated rings. The van der Waals surface area contributed by atoms with Crippen LogP contribution in [0.4, 0.5) is 23.3 Å². The van der Waals surface area contributed by atoms with Crippen molar-refractivity contribution in [3.8, 4) is 35.7 Å². The first-order chi connectivity index (χ1) is 31.3. The Bertz CT molecular complexity index is 2990. The fourth-order valence-electron chi connectivity index (χ4n) is 5.82. The van der Waals surface area contributed by atoms with Gasteiger partial charge in [0.25, 0.3) is 0 Å². The maximum Gasteiger partial charge on any atom is 0.488 e. The van der Waals surface area contributed by atoms with E-state index in [-0.39, 0.29) is 5.28 Å². The summed E-state index contributed by atoms with van der Waals surface area (Å²) in [6, 6.07) is 44.0. The van der Waals surface area contributed by atoms with Crippen molar-refractivity contribution in [2.45, 2.75) is 0 Å². The Morgan fingerprint density at radius 2 is 0.922 bits per heavy atom. The Balaban J connectivity index is 0.000000176. The van der Waals surface area contributed by atoms with Crippen molar-refractivity contribution in [1.29, 1.82) is 21.0 Å². The van der Waals surface area contributed by atoms with E-state index in [1.54, 1.807) is 36.4 Å². The molecule has 0 atom stereocenters. The van der Waals surface area contributed by atoms with Gasteiger partial charge in [-0.15, -0.1) is 0 Å². The Labute approximate surface area is 373 Å². The second kappa shape index (κ2) is 22.8. The average molecular weight is 863 g/mol. The van der Waals surface area contributed by atoms with Gasteiger partial charge in [0.15, 0.2) is 5.82 Å². The summed E-state index contributed by atoms with van der Waals surface area (Å²) in [6.45, 7) is 2.53. The molecule has 16 nitrogen and oxygen atoms in total. The predicted molar refractivity (Wildman–Crippen MR) is 247 cm³/mol. The molecule has 64 heavy (non-hydrogen) atoms. The lowest BCUT2D eigenvalue weighted by molar-refractivity contribution is 0.426. The highest BCUT2D eigenvalue weighted by Crippen LogP contribution is 2.25. The molecule has 4 aromatic carbocycles. The van der Waals surface area contributed by atoms with Crippen LogP contribution in [0.3, 0.4) is 0 Å². The molecule has 0 saturated heterocycles. The van der Waals surface area contributed by atoms with Crippen molar-refractivity contribution in [2.24, 2.45) is 0 Å². The van der Waals surface area contributed by atoms with E-state index in [0.717, 1.165) is 39.0 Å². The number of anilines is 4. The Morgan fingerprint density at radius 1 is 0.484 bits per heavy atom. The molecule has 8 aromatic rings. The van der Waals surface area contributed by atoms with Crippen LogP contribution in [0.1, 0.15) is 22.3 Å².